The Morgan fingerprint density at radius 1 is 1.35 bits per heavy atom. The molecular weight excluding hydrogens is 317 g/mol. The van der Waals surface area contributed by atoms with Crippen molar-refractivity contribution in [3.05, 3.63) is 30.1 Å². The molecular formula is C16H22FN3O2S. The average molecular weight is 339 g/mol. The maximum absolute atomic E-state index is 13.0. The predicted molar refractivity (Wildman–Crippen MR) is 90.3 cm³/mol. The Labute approximate surface area is 140 Å². The maximum atomic E-state index is 13.0. The monoisotopic (exact) mass is 339 g/mol. The first-order chi connectivity index (χ1) is 11.0. The van der Waals surface area contributed by atoms with Gasteiger partial charge in [0.1, 0.15) is 11.6 Å². The third-order valence-electron chi connectivity index (χ3n) is 3.91. The fourth-order valence-corrected chi connectivity index (χ4v) is 2.81. The number of nitrogens with one attached hydrogen (secondary N) is 3. The van der Waals surface area contributed by atoms with E-state index < -0.39 is 11.7 Å². The van der Waals surface area contributed by atoms with Crippen molar-refractivity contribution >= 4 is 23.2 Å². The molecule has 23 heavy (non-hydrogen) atoms. The number of thiocarbonyl (C=S) groups is 1. The van der Waals surface area contributed by atoms with Crippen LogP contribution in [0.4, 0.5) is 4.39 Å². The van der Waals surface area contributed by atoms with E-state index in [2.05, 4.69) is 23.1 Å². The summed E-state index contributed by atoms with van der Waals surface area (Å²) in [4.78, 5) is 11.7. The highest BCUT2D eigenvalue weighted by molar-refractivity contribution is 7.80. The first kappa shape index (κ1) is 17.5. The molecule has 7 heteroatoms. The van der Waals surface area contributed by atoms with Crippen LogP contribution in [-0.4, -0.2) is 23.7 Å². The number of hydrogen-bond donors (Lipinski definition) is 3. The van der Waals surface area contributed by atoms with Crippen molar-refractivity contribution in [3.8, 4) is 5.75 Å². The summed E-state index contributed by atoms with van der Waals surface area (Å²) in [7, 11) is 0. The van der Waals surface area contributed by atoms with Crippen LogP contribution in [0.15, 0.2) is 24.3 Å². The van der Waals surface area contributed by atoms with E-state index >= 15 is 0 Å². The number of hydrogen-bond acceptors (Lipinski definition) is 3. The summed E-state index contributed by atoms with van der Waals surface area (Å²) in [6, 6.07) is 5.97. The molecule has 0 unspecified atom stereocenters. The van der Waals surface area contributed by atoms with Crippen molar-refractivity contribution < 1.29 is 13.9 Å². The van der Waals surface area contributed by atoms with Crippen molar-refractivity contribution in [1.29, 1.82) is 0 Å². The van der Waals surface area contributed by atoms with Crippen molar-refractivity contribution in [2.24, 2.45) is 5.92 Å². The molecule has 1 aromatic carbocycles. The average Bonchev–Trinajstić information content (AvgIpc) is 2.53. The first-order valence-electron chi connectivity index (χ1n) is 7.78. The standard InChI is InChI=1S/C16H22FN3O2S/c1-11-5-2-3-8-14(11)18-16(23)20-19-15(21)10-22-13-7-4-6-12(17)9-13/h4,6-7,9,11,14H,2-3,5,8,10H2,1H3,(H,19,21)(H2,18,20,23)/t11-,14-/m0/s1. The van der Waals surface area contributed by atoms with Crippen molar-refractivity contribution in [1.82, 2.24) is 16.2 Å². The minimum absolute atomic E-state index is 0.223. The lowest BCUT2D eigenvalue weighted by Crippen LogP contribution is -2.52. The summed E-state index contributed by atoms with van der Waals surface area (Å²) in [6.45, 7) is 1.98. The molecule has 0 bridgehead atoms. The van der Waals surface area contributed by atoms with E-state index in [1.54, 1.807) is 6.07 Å². The van der Waals surface area contributed by atoms with Crippen LogP contribution in [0, 0.1) is 11.7 Å². The molecule has 1 fully saturated rings. The second-order valence-electron chi connectivity index (χ2n) is 5.76. The fourth-order valence-electron chi connectivity index (χ4n) is 2.60. The van der Waals surface area contributed by atoms with Crippen LogP contribution < -0.4 is 20.9 Å². The highest BCUT2D eigenvalue weighted by Gasteiger charge is 2.21. The number of ether oxygens (including phenoxy) is 1. The van der Waals surface area contributed by atoms with Gasteiger partial charge in [0.25, 0.3) is 5.91 Å². The van der Waals surface area contributed by atoms with Crippen molar-refractivity contribution in [3.63, 3.8) is 0 Å². The summed E-state index contributed by atoms with van der Waals surface area (Å²) in [5.41, 5.74) is 5.12. The maximum Gasteiger partial charge on any atom is 0.276 e. The quantitative estimate of drug-likeness (QED) is 0.580. The van der Waals surface area contributed by atoms with E-state index in [9.17, 15) is 9.18 Å². The lowest BCUT2D eigenvalue weighted by atomic mass is 9.86. The molecule has 0 radical (unpaired) electrons. The second kappa shape index (κ2) is 8.67. The molecule has 1 aliphatic rings. The third kappa shape index (κ3) is 6.02. The van der Waals surface area contributed by atoms with Gasteiger partial charge in [-0.2, -0.15) is 0 Å². The van der Waals surface area contributed by atoms with Gasteiger partial charge in [-0.05, 0) is 43.1 Å². The van der Waals surface area contributed by atoms with Gasteiger partial charge in [-0.25, -0.2) is 4.39 Å². The van der Waals surface area contributed by atoms with Gasteiger partial charge in [0, 0.05) is 12.1 Å². The molecule has 0 spiro atoms. The number of carbonyl (C=O) groups excluding carboxylic acids is 1. The molecule has 0 saturated heterocycles. The molecule has 0 heterocycles. The molecule has 0 aromatic heterocycles. The minimum atomic E-state index is -0.409. The van der Waals surface area contributed by atoms with E-state index in [0.717, 1.165) is 6.42 Å². The van der Waals surface area contributed by atoms with Gasteiger partial charge in [-0.15, -0.1) is 0 Å². The molecule has 0 aliphatic heterocycles. The number of hydrazine groups is 1. The third-order valence-corrected chi connectivity index (χ3v) is 4.13. The smallest absolute Gasteiger partial charge is 0.276 e. The molecule has 1 saturated carbocycles. The Morgan fingerprint density at radius 3 is 2.87 bits per heavy atom. The molecule has 1 amide bonds. The van der Waals surface area contributed by atoms with Gasteiger partial charge in [-0.3, -0.25) is 15.6 Å². The van der Waals surface area contributed by atoms with E-state index in [1.807, 2.05) is 0 Å². The predicted octanol–water partition coefficient (Wildman–Crippen LogP) is 2.28. The summed E-state index contributed by atoms with van der Waals surface area (Å²) in [5, 5.41) is 3.61. The van der Waals surface area contributed by atoms with Gasteiger partial charge in [0.05, 0.1) is 0 Å². The van der Waals surface area contributed by atoms with Gasteiger partial charge in [-0.1, -0.05) is 25.8 Å². The molecule has 2 atom stereocenters. The Morgan fingerprint density at radius 2 is 2.13 bits per heavy atom. The van der Waals surface area contributed by atoms with Crippen molar-refractivity contribution in [2.45, 2.75) is 38.6 Å². The Balaban J connectivity index is 1.66. The number of benzene rings is 1. The molecule has 1 aliphatic carbocycles. The normalized spacial score (nSPS) is 20.4. The molecule has 126 valence electrons. The molecule has 5 nitrogen and oxygen atoms in total. The number of amides is 1. The molecule has 1 aromatic rings. The first-order valence-corrected chi connectivity index (χ1v) is 8.19. The van der Waals surface area contributed by atoms with Crippen LogP contribution in [0.5, 0.6) is 5.75 Å². The SMILES string of the molecule is C[C@H]1CCCC[C@@H]1NC(=S)NNC(=O)COc1cccc(F)c1. The fraction of sp³-hybridized carbons (Fsp3) is 0.500. The largest absolute Gasteiger partial charge is 0.484 e. The zero-order chi connectivity index (χ0) is 16.7. The summed E-state index contributed by atoms with van der Waals surface area (Å²) < 4.78 is 18.2. The van der Waals surface area contributed by atoms with Gasteiger partial charge >= 0.3 is 0 Å². The summed E-state index contributed by atoms with van der Waals surface area (Å²) in [5.74, 6) is 0.0653. The lowest BCUT2D eigenvalue weighted by Gasteiger charge is -2.30. The number of rotatable bonds is 4. The van der Waals surface area contributed by atoms with E-state index in [1.165, 1.54) is 37.5 Å². The Kier molecular flexibility index (Phi) is 6.58. The van der Waals surface area contributed by atoms with Crippen LogP contribution in [0.1, 0.15) is 32.6 Å². The minimum Gasteiger partial charge on any atom is -0.484 e. The summed E-state index contributed by atoms with van der Waals surface area (Å²) >= 11 is 5.17. The lowest BCUT2D eigenvalue weighted by molar-refractivity contribution is -0.123. The van der Waals surface area contributed by atoms with Crippen LogP contribution in [0.25, 0.3) is 0 Å². The van der Waals surface area contributed by atoms with Crippen LogP contribution in [0.2, 0.25) is 0 Å². The Bertz CT molecular complexity index is 556. The van der Waals surface area contributed by atoms with Crippen LogP contribution in [-0.2, 0) is 4.79 Å². The topological polar surface area (TPSA) is 62.4 Å². The van der Waals surface area contributed by atoms with E-state index in [-0.39, 0.29) is 6.61 Å². The van der Waals surface area contributed by atoms with E-state index in [4.69, 9.17) is 17.0 Å². The van der Waals surface area contributed by atoms with E-state index in [0.29, 0.717) is 22.8 Å². The van der Waals surface area contributed by atoms with Gasteiger partial charge in [0.2, 0.25) is 0 Å². The van der Waals surface area contributed by atoms with Crippen LogP contribution >= 0.6 is 12.2 Å². The zero-order valence-corrected chi connectivity index (χ0v) is 13.9. The van der Waals surface area contributed by atoms with Gasteiger partial charge in [0.15, 0.2) is 11.7 Å². The highest BCUT2D eigenvalue weighted by Crippen LogP contribution is 2.23. The zero-order valence-electron chi connectivity index (χ0n) is 13.1. The highest BCUT2D eigenvalue weighted by atomic mass is 32.1. The Hall–Kier alpha value is -1.89. The molecule has 2 rings (SSSR count). The summed E-state index contributed by atoms with van der Waals surface area (Å²) in [6.07, 6.45) is 4.72. The van der Waals surface area contributed by atoms with Crippen molar-refractivity contribution in [2.75, 3.05) is 6.61 Å². The second-order valence-corrected chi connectivity index (χ2v) is 6.17. The number of carbonyl (C=O) groups is 1. The molecule has 3 N–H and O–H groups in total. The van der Waals surface area contributed by atoms with Crippen LogP contribution in [0.3, 0.4) is 0 Å². The number of halogens is 1. The van der Waals surface area contributed by atoms with Gasteiger partial charge < -0.3 is 10.1 Å².